The lowest BCUT2D eigenvalue weighted by Crippen LogP contribution is -2.19. The number of aromatic amines is 1. The summed E-state index contributed by atoms with van der Waals surface area (Å²) in [6, 6.07) is 0. The van der Waals surface area contributed by atoms with Gasteiger partial charge in [-0.05, 0) is 69.8 Å². The molecule has 0 bridgehead atoms. The van der Waals surface area contributed by atoms with Crippen LogP contribution < -0.4 is 5.43 Å². The number of amides is 1. The zero-order valence-corrected chi connectivity index (χ0v) is 13.9. The molecule has 1 saturated heterocycles. The van der Waals surface area contributed by atoms with Gasteiger partial charge in [0, 0.05) is 23.9 Å². The Bertz CT molecular complexity index is 703. The number of aromatic nitrogens is 1. The summed E-state index contributed by atoms with van der Waals surface area (Å²) in [6.07, 6.45) is 6.90. The Kier molecular flexibility index (Phi) is 3.60. The molecule has 2 aliphatic heterocycles. The van der Waals surface area contributed by atoms with Crippen LogP contribution >= 0.6 is 0 Å². The highest BCUT2D eigenvalue weighted by Crippen LogP contribution is 2.35. The predicted molar refractivity (Wildman–Crippen MR) is 91.1 cm³/mol. The largest absolute Gasteiger partial charge is 0.359 e. The molecule has 1 aromatic heterocycles. The van der Waals surface area contributed by atoms with Crippen LogP contribution in [0.1, 0.15) is 48.2 Å². The maximum Gasteiger partial charge on any atom is 0.273 e. The number of aryl methyl sites for hydroxylation is 1. The summed E-state index contributed by atoms with van der Waals surface area (Å²) in [5.41, 5.74) is 9.21. The van der Waals surface area contributed by atoms with Gasteiger partial charge in [-0.1, -0.05) is 0 Å². The van der Waals surface area contributed by atoms with E-state index in [1.54, 1.807) is 0 Å². The lowest BCUT2D eigenvalue weighted by atomic mass is 10.0. The minimum absolute atomic E-state index is 0.0698. The van der Waals surface area contributed by atoms with Crippen LogP contribution in [0, 0.1) is 19.8 Å². The Morgan fingerprint density at radius 1 is 1.26 bits per heavy atom. The zero-order valence-electron chi connectivity index (χ0n) is 13.9. The summed E-state index contributed by atoms with van der Waals surface area (Å²) in [7, 11) is 0. The molecule has 0 unspecified atom stereocenters. The summed E-state index contributed by atoms with van der Waals surface area (Å²) in [6.45, 7) is 7.68. The van der Waals surface area contributed by atoms with Crippen LogP contribution in [0.5, 0.6) is 0 Å². The first kappa shape index (κ1) is 14.7. The molecule has 5 heteroatoms. The number of hydrogen-bond acceptors (Lipinski definition) is 3. The van der Waals surface area contributed by atoms with Gasteiger partial charge in [-0.2, -0.15) is 5.10 Å². The Hall–Kier alpha value is -1.88. The molecule has 2 N–H and O–H groups in total. The van der Waals surface area contributed by atoms with Crippen molar-refractivity contribution in [3.8, 4) is 0 Å². The van der Waals surface area contributed by atoms with Gasteiger partial charge < -0.3 is 4.98 Å². The topological polar surface area (TPSA) is 60.5 Å². The Labute approximate surface area is 136 Å². The first-order chi connectivity index (χ1) is 11.1. The molecule has 23 heavy (non-hydrogen) atoms. The highest BCUT2D eigenvalue weighted by atomic mass is 16.2. The average molecular weight is 312 g/mol. The lowest BCUT2D eigenvalue weighted by Gasteiger charge is -2.15. The molecule has 4 rings (SSSR count). The second-order valence-corrected chi connectivity index (χ2v) is 7.02. The first-order valence-electron chi connectivity index (χ1n) is 8.64. The van der Waals surface area contributed by atoms with Gasteiger partial charge in [-0.25, -0.2) is 5.43 Å². The van der Waals surface area contributed by atoms with E-state index in [-0.39, 0.29) is 5.91 Å². The molecular weight excluding hydrogens is 288 g/mol. The van der Waals surface area contributed by atoms with E-state index < -0.39 is 0 Å². The highest BCUT2D eigenvalue weighted by Gasteiger charge is 2.36. The lowest BCUT2D eigenvalue weighted by molar-refractivity contribution is -0.116. The SMILES string of the molecule is Cc1[nH]c(/C=C2\C(=O)NN=C2C2CC2)c(C)c1CN1CCCC1. The molecule has 0 radical (unpaired) electrons. The first-order valence-corrected chi connectivity index (χ1v) is 8.64. The van der Waals surface area contributed by atoms with Gasteiger partial charge in [0.05, 0.1) is 11.3 Å². The smallest absolute Gasteiger partial charge is 0.273 e. The van der Waals surface area contributed by atoms with Crippen molar-refractivity contribution in [2.45, 2.75) is 46.1 Å². The van der Waals surface area contributed by atoms with Crippen LogP contribution in [-0.2, 0) is 11.3 Å². The van der Waals surface area contributed by atoms with E-state index in [1.165, 1.54) is 42.8 Å². The van der Waals surface area contributed by atoms with Crippen molar-refractivity contribution >= 4 is 17.7 Å². The molecular formula is C18H24N4O. The molecule has 1 saturated carbocycles. The minimum atomic E-state index is -0.0698. The van der Waals surface area contributed by atoms with E-state index in [1.807, 2.05) is 6.08 Å². The van der Waals surface area contributed by atoms with E-state index in [2.05, 4.69) is 34.3 Å². The molecule has 2 fully saturated rings. The van der Waals surface area contributed by atoms with E-state index in [4.69, 9.17) is 0 Å². The molecule has 122 valence electrons. The van der Waals surface area contributed by atoms with Crippen molar-refractivity contribution in [3.63, 3.8) is 0 Å². The summed E-state index contributed by atoms with van der Waals surface area (Å²) in [5.74, 6) is 0.403. The van der Waals surface area contributed by atoms with Crippen molar-refractivity contribution in [1.29, 1.82) is 0 Å². The van der Waals surface area contributed by atoms with Crippen LogP contribution in [0.15, 0.2) is 10.7 Å². The van der Waals surface area contributed by atoms with Crippen molar-refractivity contribution < 1.29 is 4.79 Å². The number of nitrogens with zero attached hydrogens (tertiary/aromatic N) is 2. The fraction of sp³-hybridized carbons (Fsp3) is 0.556. The van der Waals surface area contributed by atoms with Gasteiger partial charge in [0.2, 0.25) is 0 Å². The van der Waals surface area contributed by atoms with Crippen LogP contribution in [0.3, 0.4) is 0 Å². The van der Waals surface area contributed by atoms with E-state index in [0.29, 0.717) is 5.92 Å². The monoisotopic (exact) mass is 312 g/mol. The maximum atomic E-state index is 12.1. The minimum Gasteiger partial charge on any atom is -0.359 e. The molecule has 5 nitrogen and oxygen atoms in total. The number of hydrazone groups is 1. The predicted octanol–water partition coefficient (Wildman–Crippen LogP) is 2.51. The van der Waals surface area contributed by atoms with Gasteiger partial charge in [0.1, 0.15) is 0 Å². The second kappa shape index (κ2) is 5.64. The summed E-state index contributed by atoms with van der Waals surface area (Å²) in [5, 5.41) is 4.23. The number of hydrogen-bond donors (Lipinski definition) is 2. The van der Waals surface area contributed by atoms with Crippen molar-refractivity contribution in [3.05, 3.63) is 28.1 Å². The standard InChI is InChI=1S/C18H24N4O/c1-11-15(10-22-7-3-4-8-22)12(2)19-16(11)9-14-17(13-5-6-13)20-21-18(14)23/h9,13,19H,3-8,10H2,1-2H3,(H,21,23)/b14-9-. The van der Waals surface area contributed by atoms with Crippen LogP contribution in [-0.4, -0.2) is 34.6 Å². The van der Waals surface area contributed by atoms with E-state index in [0.717, 1.165) is 36.4 Å². The van der Waals surface area contributed by atoms with Crippen LogP contribution in [0.4, 0.5) is 0 Å². The average Bonchev–Trinajstić information content (AvgIpc) is 3.02. The number of H-pyrrole nitrogens is 1. The van der Waals surface area contributed by atoms with E-state index in [9.17, 15) is 4.79 Å². The van der Waals surface area contributed by atoms with Gasteiger partial charge in [-0.15, -0.1) is 0 Å². The number of nitrogens with one attached hydrogen (secondary N) is 2. The van der Waals surface area contributed by atoms with Crippen LogP contribution in [0.2, 0.25) is 0 Å². The van der Waals surface area contributed by atoms with Gasteiger partial charge in [-0.3, -0.25) is 9.69 Å². The quantitative estimate of drug-likeness (QED) is 0.839. The zero-order chi connectivity index (χ0) is 16.0. The Balaban J connectivity index is 1.62. The third kappa shape index (κ3) is 2.74. The second-order valence-electron chi connectivity index (χ2n) is 7.02. The van der Waals surface area contributed by atoms with Crippen molar-refractivity contribution in [1.82, 2.24) is 15.3 Å². The molecule has 0 aromatic carbocycles. The van der Waals surface area contributed by atoms with Gasteiger partial charge in [0.15, 0.2) is 0 Å². The van der Waals surface area contributed by atoms with Gasteiger partial charge >= 0.3 is 0 Å². The van der Waals surface area contributed by atoms with E-state index >= 15 is 0 Å². The van der Waals surface area contributed by atoms with Crippen molar-refractivity contribution in [2.24, 2.45) is 11.0 Å². The molecule has 3 aliphatic rings. The molecule has 1 amide bonds. The summed E-state index contributed by atoms with van der Waals surface area (Å²) < 4.78 is 0. The molecule has 1 aliphatic carbocycles. The molecule has 0 atom stereocenters. The normalized spacial score (nSPS) is 23.7. The van der Waals surface area contributed by atoms with Crippen LogP contribution in [0.25, 0.3) is 6.08 Å². The summed E-state index contributed by atoms with van der Waals surface area (Å²) >= 11 is 0. The molecule has 3 heterocycles. The Morgan fingerprint density at radius 3 is 2.70 bits per heavy atom. The van der Waals surface area contributed by atoms with Crippen molar-refractivity contribution in [2.75, 3.05) is 13.1 Å². The fourth-order valence-corrected chi connectivity index (χ4v) is 3.66. The number of rotatable bonds is 4. The number of carbonyl (C=O) groups excluding carboxylic acids is 1. The Morgan fingerprint density at radius 2 is 2.00 bits per heavy atom. The third-order valence-corrected chi connectivity index (χ3v) is 5.26. The number of carbonyl (C=O) groups is 1. The fourth-order valence-electron chi connectivity index (χ4n) is 3.66. The third-order valence-electron chi connectivity index (χ3n) is 5.26. The molecule has 1 aromatic rings. The summed E-state index contributed by atoms with van der Waals surface area (Å²) in [4.78, 5) is 18.1. The molecule has 0 spiro atoms. The highest BCUT2D eigenvalue weighted by molar-refractivity contribution is 6.28. The van der Waals surface area contributed by atoms with Gasteiger partial charge in [0.25, 0.3) is 5.91 Å². The number of likely N-dealkylation sites (tertiary alicyclic amines) is 1. The maximum absolute atomic E-state index is 12.1.